The van der Waals surface area contributed by atoms with Crippen molar-refractivity contribution in [3.63, 3.8) is 0 Å². The summed E-state index contributed by atoms with van der Waals surface area (Å²) >= 11 is 0. The van der Waals surface area contributed by atoms with E-state index < -0.39 is 9.73 Å². The summed E-state index contributed by atoms with van der Waals surface area (Å²) in [5, 5.41) is 2.55. The van der Waals surface area contributed by atoms with Gasteiger partial charge in [0.1, 0.15) is 5.76 Å². The lowest BCUT2D eigenvalue weighted by Crippen LogP contribution is -2.39. The first-order valence-electron chi connectivity index (χ1n) is 8.21. The maximum absolute atomic E-state index is 12.5. The molecule has 1 aromatic rings. The van der Waals surface area contributed by atoms with Crippen LogP contribution in [0.25, 0.3) is 0 Å². The summed E-state index contributed by atoms with van der Waals surface area (Å²) in [6.07, 6.45) is 3.88. The van der Waals surface area contributed by atoms with Crippen molar-refractivity contribution in [3.8, 4) is 0 Å². The standard InChI is InChI=1S/C15H20N4O4S/c1-16-14(20)12-13(23-8-17-12)11-9-6-10(11)19(7-9)15(21)18-24(22)4-2-3-5-24/h8-11H,2-7H2,1H3,(H,16,20). The number of aromatic nitrogens is 1. The Balaban J connectivity index is 1.56. The molecule has 130 valence electrons. The van der Waals surface area contributed by atoms with Gasteiger partial charge in [-0.25, -0.2) is 14.0 Å². The summed E-state index contributed by atoms with van der Waals surface area (Å²) in [6.45, 7) is 0.571. The lowest BCUT2D eigenvalue weighted by Gasteiger charge is -2.34. The highest BCUT2D eigenvalue weighted by Gasteiger charge is 2.56. The molecule has 0 aromatic carbocycles. The molecule has 1 saturated carbocycles. The molecule has 4 aliphatic rings. The van der Waals surface area contributed by atoms with E-state index in [9.17, 15) is 13.8 Å². The van der Waals surface area contributed by atoms with Gasteiger partial charge in [-0.2, -0.15) is 0 Å². The van der Waals surface area contributed by atoms with E-state index in [2.05, 4.69) is 14.7 Å². The first kappa shape index (κ1) is 15.6. The molecule has 4 heterocycles. The Hall–Kier alpha value is -1.90. The minimum absolute atomic E-state index is 0.0277. The molecule has 8 nitrogen and oxygen atoms in total. The summed E-state index contributed by atoms with van der Waals surface area (Å²) in [5.74, 6) is 1.50. The molecule has 1 aromatic heterocycles. The number of hydrogen-bond acceptors (Lipinski definition) is 5. The van der Waals surface area contributed by atoms with Gasteiger partial charge < -0.3 is 14.6 Å². The van der Waals surface area contributed by atoms with Crippen molar-refractivity contribution >= 4 is 21.7 Å². The molecule has 1 N–H and O–H groups in total. The van der Waals surface area contributed by atoms with Crippen LogP contribution in [0.15, 0.2) is 15.2 Å². The maximum Gasteiger partial charge on any atom is 0.352 e. The number of carbonyl (C=O) groups is 2. The van der Waals surface area contributed by atoms with Crippen LogP contribution in [0.3, 0.4) is 0 Å². The van der Waals surface area contributed by atoms with Gasteiger partial charge in [0.2, 0.25) is 0 Å². The Morgan fingerprint density at radius 1 is 1.42 bits per heavy atom. The molecule has 3 atom stereocenters. The van der Waals surface area contributed by atoms with Gasteiger partial charge in [0.15, 0.2) is 12.1 Å². The second-order valence-corrected chi connectivity index (χ2v) is 9.19. The number of nitrogens with zero attached hydrogens (tertiary/aromatic N) is 3. The van der Waals surface area contributed by atoms with E-state index in [1.165, 1.54) is 6.39 Å². The zero-order valence-electron chi connectivity index (χ0n) is 13.4. The number of amides is 3. The summed E-state index contributed by atoms with van der Waals surface area (Å²) in [5.41, 5.74) is 0.283. The second-order valence-electron chi connectivity index (χ2n) is 6.65. The van der Waals surface area contributed by atoms with Crippen LogP contribution >= 0.6 is 0 Å². The third-order valence-corrected chi connectivity index (χ3v) is 7.65. The lowest BCUT2D eigenvalue weighted by molar-refractivity contribution is 0.0953. The van der Waals surface area contributed by atoms with E-state index in [0.717, 1.165) is 19.3 Å². The Bertz CT molecular complexity index is 798. The fraction of sp³-hybridized carbons (Fsp3) is 0.667. The average Bonchev–Trinajstić information content (AvgIpc) is 3.28. The van der Waals surface area contributed by atoms with Gasteiger partial charge in [-0.15, -0.1) is 4.36 Å². The van der Waals surface area contributed by atoms with Crippen molar-refractivity contribution < 1.29 is 18.2 Å². The van der Waals surface area contributed by atoms with Crippen LogP contribution in [0.1, 0.15) is 41.4 Å². The molecule has 3 aliphatic heterocycles. The maximum atomic E-state index is 12.5. The number of carbonyl (C=O) groups excluding carboxylic acids is 2. The van der Waals surface area contributed by atoms with Gasteiger partial charge in [-0.1, -0.05) is 0 Å². The number of fused-ring (bicyclic) bond motifs is 1. The number of nitrogens with one attached hydrogen (secondary N) is 1. The topological polar surface area (TPSA) is 105 Å². The molecular weight excluding hydrogens is 332 g/mol. The quantitative estimate of drug-likeness (QED) is 0.861. The third-order valence-electron chi connectivity index (χ3n) is 5.30. The summed E-state index contributed by atoms with van der Waals surface area (Å²) in [6, 6.07) is -0.426. The minimum Gasteiger partial charge on any atom is -0.447 e. The van der Waals surface area contributed by atoms with E-state index in [1.807, 2.05) is 0 Å². The van der Waals surface area contributed by atoms with E-state index in [4.69, 9.17) is 4.42 Å². The zero-order valence-corrected chi connectivity index (χ0v) is 14.3. The van der Waals surface area contributed by atoms with Gasteiger partial charge in [0.05, 0.1) is 9.73 Å². The highest BCUT2D eigenvalue weighted by atomic mass is 32.2. The van der Waals surface area contributed by atoms with Gasteiger partial charge in [-0.05, 0) is 25.2 Å². The Morgan fingerprint density at radius 3 is 2.88 bits per heavy atom. The van der Waals surface area contributed by atoms with Crippen LogP contribution in [0.5, 0.6) is 0 Å². The van der Waals surface area contributed by atoms with E-state index in [0.29, 0.717) is 23.8 Å². The number of urea groups is 1. The average molecular weight is 352 g/mol. The molecule has 3 amide bonds. The van der Waals surface area contributed by atoms with Crippen molar-refractivity contribution in [1.29, 1.82) is 0 Å². The van der Waals surface area contributed by atoms with Gasteiger partial charge in [-0.3, -0.25) is 4.79 Å². The fourth-order valence-electron chi connectivity index (χ4n) is 4.05. The van der Waals surface area contributed by atoms with Crippen LogP contribution in [0.2, 0.25) is 0 Å². The molecule has 4 fully saturated rings. The van der Waals surface area contributed by atoms with Crippen LogP contribution in [0.4, 0.5) is 4.79 Å². The first-order valence-corrected chi connectivity index (χ1v) is 10.1. The van der Waals surface area contributed by atoms with Crippen LogP contribution < -0.4 is 5.32 Å². The van der Waals surface area contributed by atoms with Crippen molar-refractivity contribution in [2.45, 2.75) is 31.2 Å². The van der Waals surface area contributed by atoms with Crippen molar-refractivity contribution in [2.24, 2.45) is 10.3 Å². The lowest BCUT2D eigenvalue weighted by atomic mass is 9.72. The molecule has 5 rings (SSSR count). The molecule has 3 unspecified atom stereocenters. The molecule has 9 heteroatoms. The van der Waals surface area contributed by atoms with Crippen LogP contribution in [-0.2, 0) is 9.73 Å². The zero-order chi connectivity index (χ0) is 16.9. The minimum atomic E-state index is -2.36. The highest BCUT2D eigenvalue weighted by Crippen LogP contribution is 2.53. The number of oxazole rings is 1. The van der Waals surface area contributed by atoms with Crippen molar-refractivity contribution in [2.75, 3.05) is 25.1 Å². The molecular formula is C15H20N4O4S. The Kier molecular flexibility index (Phi) is 3.63. The predicted octanol–water partition coefficient (Wildman–Crippen LogP) is 1.20. The van der Waals surface area contributed by atoms with E-state index in [1.54, 1.807) is 11.9 Å². The fourth-order valence-corrected chi connectivity index (χ4v) is 6.14. The predicted molar refractivity (Wildman–Crippen MR) is 86.2 cm³/mol. The second kappa shape index (κ2) is 5.58. The SMILES string of the molecule is CNC(=O)c1ncoc1C1C2CC1N(C(=O)N=S1(=O)CCCC1)C2. The number of rotatable bonds is 2. The molecule has 3 saturated heterocycles. The molecule has 1 aliphatic carbocycles. The molecule has 0 spiro atoms. The van der Waals surface area contributed by atoms with Gasteiger partial charge in [0.25, 0.3) is 5.91 Å². The molecule has 2 bridgehead atoms. The molecule has 0 radical (unpaired) electrons. The monoisotopic (exact) mass is 352 g/mol. The smallest absolute Gasteiger partial charge is 0.352 e. The summed E-state index contributed by atoms with van der Waals surface area (Å²) < 4.78 is 22.0. The highest BCUT2D eigenvalue weighted by molar-refractivity contribution is 7.94. The van der Waals surface area contributed by atoms with Gasteiger partial charge >= 0.3 is 6.03 Å². The summed E-state index contributed by atoms with van der Waals surface area (Å²) in [7, 11) is -0.814. The normalized spacial score (nSPS) is 30.0. The Morgan fingerprint density at radius 2 is 2.17 bits per heavy atom. The number of hydrogen-bond donors (Lipinski definition) is 1. The molecule has 24 heavy (non-hydrogen) atoms. The first-order chi connectivity index (χ1) is 11.5. The van der Waals surface area contributed by atoms with Gasteiger partial charge in [0, 0.05) is 37.1 Å². The summed E-state index contributed by atoms with van der Waals surface area (Å²) in [4.78, 5) is 30.1. The van der Waals surface area contributed by atoms with Crippen molar-refractivity contribution in [1.82, 2.24) is 15.2 Å². The third kappa shape index (κ3) is 2.33. The Labute approximate surface area is 140 Å². The van der Waals surface area contributed by atoms with E-state index in [-0.39, 0.29) is 35.5 Å². The van der Waals surface area contributed by atoms with Crippen molar-refractivity contribution in [3.05, 3.63) is 17.8 Å². The van der Waals surface area contributed by atoms with Crippen LogP contribution in [0, 0.1) is 5.92 Å². The van der Waals surface area contributed by atoms with E-state index >= 15 is 0 Å². The largest absolute Gasteiger partial charge is 0.447 e. The van der Waals surface area contributed by atoms with Crippen LogP contribution in [-0.4, -0.2) is 57.2 Å².